The van der Waals surface area contributed by atoms with E-state index in [2.05, 4.69) is 55.4 Å². The lowest BCUT2D eigenvalue weighted by Crippen LogP contribution is -2.30. The zero-order valence-electron chi connectivity index (χ0n) is 63.0. The van der Waals surface area contributed by atoms with Crippen molar-refractivity contribution in [2.45, 2.75) is 408 Å². The predicted octanol–water partition coefficient (Wildman–Crippen LogP) is 22.4. The van der Waals surface area contributed by atoms with Crippen LogP contribution in [-0.2, 0) is 65.4 Å². The minimum atomic E-state index is -4.96. The van der Waals surface area contributed by atoms with Gasteiger partial charge in [0.15, 0.2) is 12.2 Å². The van der Waals surface area contributed by atoms with Crippen molar-refractivity contribution in [1.82, 2.24) is 0 Å². The number of unbranched alkanes of at least 4 members (excludes halogenated alkanes) is 39. The highest BCUT2D eigenvalue weighted by Gasteiger charge is 2.30. The summed E-state index contributed by atoms with van der Waals surface area (Å²) in [5.74, 6) is 0.979. The van der Waals surface area contributed by atoms with Crippen molar-refractivity contribution in [3.05, 3.63) is 0 Å². The fraction of sp³-hybridized carbons (Fsp3) is 0.948. The van der Waals surface area contributed by atoms with Crippen LogP contribution < -0.4 is 0 Å². The molecule has 0 aromatic rings. The first-order chi connectivity index (χ1) is 46.1. The van der Waals surface area contributed by atoms with E-state index in [1.165, 1.54) is 193 Å². The van der Waals surface area contributed by atoms with E-state index in [4.69, 9.17) is 37.0 Å². The van der Waals surface area contributed by atoms with Crippen LogP contribution in [0.3, 0.4) is 0 Å². The maximum atomic E-state index is 13.1. The fourth-order valence-corrected chi connectivity index (χ4v) is 13.3. The number of hydrogen-bond donors (Lipinski definition) is 3. The van der Waals surface area contributed by atoms with Gasteiger partial charge < -0.3 is 33.8 Å². The van der Waals surface area contributed by atoms with E-state index in [0.717, 1.165) is 114 Å². The van der Waals surface area contributed by atoms with Gasteiger partial charge in [0.05, 0.1) is 26.4 Å². The van der Waals surface area contributed by atoms with Gasteiger partial charge in [0.1, 0.15) is 19.3 Å². The highest BCUT2D eigenvalue weighted by molar-refractivity contribution is 7.47. The van der Waals surface area contributed by atoms with Gasteiger partial charge in [-0.2, -0.15) is 0 Å². The predicted molar refractivity (Wildman–Crippen MR) is 391 cm³/mol. The molecule has 0 saturated carbocycles. The minimum absolute atomic E-state index is 0.105. The first kappa shape index (κ1) is 94.1. The van der Waals surface area contributed by atoms with Crippen LogP contribution in [0.15, 0.2) is 0 Å². The SMILES string of the molecule is CCC(C)CCCCCCCCCCCCC(=O)O[C@H](COC(=O)CCCCCCCCCCC(C)C)COP(=O)(O)OC[C@H](O)COP(=O)(O)OC[C@@H](COC(=O)CCCCCCCCCCCCCCC(C)C)OC(=O)CCCCCCCCCCCCCCCC(C)C. The van der Waals surface area contributed by atoms with Crippen molar-refractivity contribution in [3.63, 3.8) is 0 Å². The van der Waals surface area contributed by atoms with Crippen LogP contribution in [0, 0.1) is 23.7 Å². The molecule has 19 heteroatoms. The van der Waals surface area contributed by atoms with Gasteiger partial charge >= 0.3 is 39.5 Å². The van der Waals surface area contributed by atoms with Crippen LogP contribution in [0.25, 0.3) is 0 Å². The monoisotopic (exact) mass is 1410 g/mol. The van der Waals surface area contributed by atoms with E-state index in [9.17, 15) is 43.2 Å². The van der Waals surface area contributed by atoms with Crippen LogP contribution >= 0.6 is 15.6 Å². The molecule has 0 saturated heterocycles. The average molecular weight is 1410 g/mol. The number of phosphoric ester groups is 2. The Hall–Kier alpha value is -1.94. The molecule has 3 N–H and O–H groups in total. The number of hydrogen-bond acceptors (Lipinski definition) is 15. The third kappa shape index (κ3) is 69.2. The average Bonchev–Trinajstić information content (AvgIpc) is 1.38. The molecule has 0 heterocycles. The topological polar surface area (TPSA) is 237 Å². The van der Waals surface area contributed by atoms with Crippen molar-refractivity contribution in [2.24, 2.45) is 23.7 Å². The minimum Gasteiger partial charge on any atom is -0.462 e. The molecule has 0 radical (unpaired) electrons. The lowest BCUT2D eigenvalue weighted by molar-refractivity contribution is -0.161. The Labute approximate surface area is 588 Å². The second kappa shape index (κ2) is 66.3. The molecule has 0 rings (SSSR count). The maximum Gasteiger partial charge on any atom is 0.472 e. The quantitative estimate of drug-likeness (QED) is 0.0222. The van der Waals surface area contributed by atoms with E-state index in [-0.39, 0.29) is 25.7 Å². The standard InChI is InChI=1S/C77H150O17P2/c1-9-70(8)56-48-40-32-23-19-20-26-36-44-52-60-77(82)94-73(64-88-75(80)58-50-42-34-28-27-31-39-47-55-69(6)7)66-92-96(85,86)90-62-71(78)61-89-95(83,84)91-65-72(63-87-74(79)57-49-41-33-24-17-14-13-16-22-30-38-46-54-68(4)5)93-76(81)59-51-43-35-25-18-12-10-11-15-21-29-37-45-53-67(2)3/h67-73,78H,9-66H2,1-8H3,(H,83,84)(H,85,86)/t70?,71-,72-,73-/m1/s1. The summed E-state index contributed by atoms with van der Waals surface area (Å²) in [6.45, 7) is 14.2. The number of carbonyl (C=O) groups is 4. The van der Waals surface area contributed by atoms with E-state index in [0.29, 0.717) is 25.7 Å². The second-order valence-corrected chi connectivity index (χ2v) is 32.3. The molecule has 3 unspecified atom stereocenters. The third-order valence-corrected chi connectivity index (χ3v) is 20.1. The van der Waals surface area contributed by atoms with Gasteiger partial charge in [-0.15, -0.1) is 0 Å². The largest absolute Gasteiger partial charge is 0.472 e. The summed E-state index contributed by atoms with van der Waals surface area (Å²) in [5, 5.41) is 10.6. The molecule has 0 aliphatic carbocycles. The van der Waals surface area contributed by atoms with Gasteiger partial charge in [-0.3, -0.25) is 37.3 Å². The highest BCUT2D eigenvalue weighted by atomic mass is 31.2. The number of ether oxygens (including phenoxy) is 4. The normalized spacial score (nSPS) is 14.4. The van der Waals surface area contributed by atoms with E-state index < -0.39 is 97.5 Å². The molecule has 6 atom stereocenters. The van der Waals surface area contributed by atoms with Gasteiger partial charge in [-0.05, 0) is 49.4 Å². The fourth-order valence-electron chi connectivity index (χ4n) is 11.7. The summed E-state index contributed by atoms with van der Waals surface area (Å²) in [6.07, 6.45) is 51.2. The molecular weight excluding hydrogens is 1260 g/mol. The number of rotatable bonds is 74. The Balaban J connectivity index is 5.27. The summed E-state index contributed by atoms with van der Waals surface area (Å²) in [6, 6.07) is 0. The van der Waals surface area contributed by atoms with Gasteiger partial charge in [0, 0.05) is 25.7 Å². The number of phosphoric acid groups is 2. The van der Waals surface area contributed by atoms with Crippen molar-refractivity contribution in [2.75, 3.05) is 39.6 Å². The summed E-state index contributed by atoms with van der Waals surface area (Å²) >= 11 is 0. The summed E-state index contributed by atoms with van der Waals surface area (Å²) in [5.41, 5.74) is 0. The van der Waals surface area contributed by atoms with E-state index in [1.807, 2.05) is 0 Å². The summed E-state index contributed by atoms with van der Waals surface area (Å²) < 4.78 is 68.6. The number of aliphatic hydroxyl groups is 1. The van der Waals surface area contributed by atoms with Gasteiger partial charge in [0.25, 0.3) is 0 Å². The molecule has 0 amide bonds. The number of esters is 4. The number of aliphatic hydroxyl groups excluding tert-OH is 1. The van der Waals surface area contributed by atoms with Crippen LogP contribution in [0.4, 0.5) is 0 Å². The van der Waals surface area contributed by atoms with Crippen LogP contribution in [0.5, 0.6) is 0 Å². The summed E-state index contributed by atoms with van der Waals surface area (Å²) in [7, 11) is -9.92. The van der Waals surface area contributed by atoms with Crippen LogP contribution in [0.1, 0.15) is 389 Å². The molecule has 0 bridgehead atoms. The Morgan fingerprint density at radius 2 is 0.500 bits per heavy atom. The van der Waals surface area contributed by atoms with Gasteiger partial charge in [0.2, 0.25) is 0 Å². The molecular formula is C77H150O17P2. The Morgan fingerprint density at radius 1 is 0.292 bits per heavy atom. The van der Waals surface area contributed by atoms with Crippen LogP contribution in [0.2, 0.25) is 0 Å². The second-order valence-electron chi connectivity index (χ2n) is 29.4. The summed E-state index contributed by atoms with van der Waals surface area (Å²) in [4.78, 5) is 72.9. The molecule has 0 aliphatic rings. The molecule has 0 aromatic carbocycles. The highest BCUT2D eigenvalue weighted by Crippen LogP contribution is 2.45. The third-order valence-electron chi connectivity index (χ3n) is 18.2. The van der Waals surface area contributed by atoms with E-state index >= 15 is 0 Å². The zero-order chi connectivity index (χ0) is 71.0. The Kier molecular flexibility index (Phi) is 65.0. The molecule has 0 fully saturated rings. The smallest absolute Gasteiger partial charge is 0.462 e. The first-order valence-corrected chi connectivity index (χ1v) is 42.7. The van der Waals surface area contributed by atoms with Gasteiger partial charge in [-0.1, -0.05) is 338 Å². The number of carbonyl (C=O) groups excluding carboxylic acids is 4. The van der Waals surface area contributed by atoms with Crippen molar-refractivity contribution >= 4 is 39.5 Å². The molecule has 0 aliphatic heterocycles. The lowest BCUT2D eigenvalue weighted by Gasteiger charge is -2.21. The van der Waals surface area contributed by atoms with Crippen molar-refractivity contribution in [3.8, 4) is 0 Å². The molecule has 570 valence electrons. The zero-order valence-corrected chi connectivity index (χ0v) is 64.8. The van der Waals surface area contributed by atoms with Crippen molar-refractivity contribution < 1.29 is 80.2 Å². The molecule has 0 aromatic heterocycles. The maximum absolute atomic E-state index is 13.1. The first-order valence-electron chi connectivity index (χ1n) is 39.7. The Morgan fingerprint density at radius 3 is 0.740 bits per heavy atom. The van der Waals surface area contributed by atoms with Gasteiger partial charge in [-0.25, -0.2) is 9.13 Å². The Bertz CT molecular complexity index is 1890. The van der Waals surface area contributed by atoms with Crippen LogP contribution in [-0.4, -0.2) is 96.7 Å². The molecule has 0 spiro atoms. The van der Waals surface area contributed by atoms with E-state index in [1.54, 1.807) is 0 Å². The lowest BCUT2D eigenvalue weighted by atomic mass is 9.99. The molecule has 17 nitrogen and oxygen atoms in total. The molecule has 96 heavy (non-hydrogen) atoms. The van der Waals surface area contributed by atoms with Crippen molar-refractivity contribution in [1.29, 1.82) is 0 Å².